The largest absolute Gasteiger partial charge is 0.379 e. The zero-order valence-corrected chi connectivity index (χ0v) is 15.2. The fourth-order valence-electron chi connectivity index (χ4n) is 2.69. The highest BCUT2D eigenvalue weighted by Crippen LogP contribution is 2.14. The Labute approximate surface area is 152 Å². The first-order valence-electron chi connectivity index (χ1n) is 8.46. The number of hydrogen-bond donors (Lipinski definition) is 1. The van der Waals surface area contributed by atoms with E-state index in [1.165, 1.54) is 21.4 Å². The molecule has 1 aliphatic rings. The quantitative estimate of drug-likeness (QED) is 0.746. The van der Waals surface area contributed by atoms with Crippen molar-refractivity contribution in [1.29, 1.82) is 0 Å². The second-order valence-electron chi connectivity index (χ2n) is 5.99. The number of carbonyl (C=O) groups excluding carboxylic acids is 1. The lowest BCUT2D eigenvalue weighted by Crippen LogP contribution is -2.40. The Morgan fingerprint density at radius 1 is 1.19 bits per heavy atom. The van der Waals surface area contributed by atoms with E-state index in [-0.39, 0.29) is 17.5 Å². The minimum atomic E-state index is -3.64. The Morgan fingerprint density at radius 2 is 1.92 bits per heavy atom. The summed E-state index contributed by atoms with van der Waals surface area (Å²) in [6.45, 7) is 1.94. The maximum Gasteiger partial charge on any atom is 0.262 e. The summed E-state index contributed by atoms with van der Waals surface area (Å²) < 4.78 is 33.0. The van der Waals surface area contributed by atoms with Crippen LogP contribution in [0.2, 0.25) is 0 Å². The van der Waals surface area contributed by atoms with Crippen molar-refractivity contribution in [1.82, 2.24) is 19.2 Å². The van der Waals surface area contributed by atoms with Crippen molar-refractivity contribution in [2.24, 2.45) is 0 Å². The van der Waals surface area contributed by atoms with Gasteiger partial charge in [0.2, 0.25) is 5.91 Å². The molecule has 0 saturated carbocycles. The predicted molar refractivity (Wildman–Crippen MR) is 95.0 cm³/mol. The van der Waals surface area contributed by atoms with E-state index in [4.69, 9.17) is 4.74 Å². The van der Waals surface area contributed by atoms with E-state index < -0.39 is 10.0 Å². The lowest BCUT2D eigenvalue weighted by atomic mass is 10.1. The van der Waals surface area contributed by atoms with Crippen LogP contribution in [0.1, 0.15) is 5.56 Å². The first kappa shape index (κ1) is 18.6. The van der Waals surface area contributed by atoms with Gasteiger partial charge in [-0.25, -0.2) is 13.4 Å². The third-order valence-corrected chi connectivity index (χ3v) is 5.87. The van der Waals surface area contributed by atoms with Gasteiger partial charge in [0.15, 0.2) is 5.03 Å². The van der Waals surface area contributed by atoms with Gasteiger partial charge in [-0.15, -0.1) is 0 Å². The summed E-state index contributed by atoms with van der Waals surface area (Å²) in [6.07, 6.45) is 3.50. The average molecular weight is 378 g/mol. The Kier molecular flexibility index (Phi) is 6.02. The number of hydrogen-bond acceptors (Lipinski definition) is 5. The first-order chi connectivity index (χ1) is 12.6. The highest BCUT2D eigenvalue weighted by atomic mass is 32.2. The molecule has 0 aliphatic carbocycles. The normalized spacial score (nSPS) is 15.7. The molecule has 8 nitrogen and oxygen atoms in total. The van der Waals surface area contributed by atoms with Crippen LogP contribution >= 0.6 is 0 Å². The Bertz CT molecular complexity index is 829. The standard InChI is InChI=1S/C17H22N4O4S/c22-16(18-7-6-15-4-2-1-3-5-15)12-20-13-17(19-14-20)26(23,24)21-8-10-25-11-9-21/h1-5,13-14H,6-12H2,(H,18,22). The molecule has 1 aromatic carbocycles. The third-order valence-electron chi connectivity index (χ3n) is 4.09. The number of ether oxygens (including phenoxy) is 1. The van der Waals surface area contributed by atoms with Crippen LogP contribution in [0.25, 0.3) is 0 Å². The molecule has 0 bridgehead atoms. The van der Waals surface area contributed by atoms with Crippen molar-refractivity contribution < 1.29 is 17.9 Å². The Balaban J connectivity index is 1.52. The molecule has 140 valence electrons. The van der Waals surface area contributed by atoms with Gasteiger partial charge in [-0.3, -0.25) is 4.79 Å². The molecule has 0 radical (unpaired) electrons. The summed E-state index contributed by atoms with van der Waals surface area (Å²) in [5.74, 6) is -0.186. The molecule has 0 unspecified atom stereocenters. The van der Waals surface area contributed by atoms with E-state index in [0.29, 0.717) is 32.8 Å². The molecule has 3 rings (SSSR count). The van der Waals surface area contributed by atoms with Crippen LogP contribution in [0, 0.1) is 0 Å². The number of nitrogens with one attached hydrogen (secondary N) is 1. The number of imidazole rings is 1. The number of nitrogens with zero attached hydrogens (tertiary/aromatic N) is 3. The Morgan fingerprint density at radius 3 is 2.65 bits per heavy atom. The second kappa shape index (κ2) is 8.43. The number of benzene rings is 1. The van der Waals surface area contributed by atoms with Crippen LogP contribution in [-0.4, -0.2) is 61.0 Å². The van der Waals surface area contributed by atoms with Crippen molar-refractivity contribution in [3.05, 3.63) is 48.4 Å². The van der Waals surface area contributed by atoms with E-state index in [9.17, 15) is 13.2 Å². The van der Waals surface area contributed by atoms with Gasteiger partial charge in [0.1, 0.15) is 6.54 Å². The molecule has 2 aromatic rings. The fourth-order valence-corrected chi connectivity index (χ4v) is 4.03. The number of rotatable bonds is 7. The third kappa shape index (κ3) is 4.69. The minimum Gasteiger partial charge on any atom is -0.379 e. The zero-order chi connectivity index (χ0) is 18.4. The van der Waals surface area contributed by atoms with Crippen LogP contribution in [-0.2, 0) is 32.5 Å². The maximum absolute atomic E-state index is 12.5. The molecule has 1 saturated heterocycles. The van der Waals surface area contributed by atoms with Gasteiger partial charge >= 0.3 is 0 Å². The van der Waals surface area contributed by atoms with E-state index in [0.717, 1.165) is 12.0 Å². The Hall–Kier alpha value is -2.23. The smallest absolute Gasteiger partial charge is 0.262 e. The monoisotopic (exact) mass is 378 g/mol. The molecule has 0 spiro atoms. The second-order valence-corrected chi connectivity index (χ2v) is 7.87. The van der Waals surface area contributed by atoms with Gasteiger partial charge in [-0.05, 0) is 12.0 Å². The summed E-state index contributed by atoms with van der Waals surface area (Å²) in [5.41, 5.74) is 1.15. The van der Waals surface area contributed by atoms with E-state index in [1.54, 1.807) is 0 Å². The number of morpholine rings is 1. The summed E-state index contributed by atoms with van der Waals surface area (Å²) in [6, 6.07) is 9.87. The number of aromatic nitrogens is 2. The highest BCUT2D eigenvalue weighted by molar-refractivity contribution is 7.89. The molecule has 9 heteroatoms. The summed E-state index contributed by atoms with van der Waals surface area (Å²) in [5, 5.41) is 2.78. The topological polar surface area (TPSA) is 93.5 Å². The van der Waals surface area contributed by atoms with Crippen LogP contribution in [0.15, 0.2) is 47.9 Å². The van der Waals surface area contributed by atoms with Crippen molar-refractivity contribution in [3.8, 4) is 0 Å². The van der Waals surface area contributed by atoms with E-state index >= 15 is 0 Å². The predicted octanol–water partition coefficient (Wildman–Crippen LogP) is 0.263. The van der Waals surface area contributed by atoms with Gasteiger partial charge in [0.05, 0.1) is 19.5 Å². The molecule has 26 heavy (non-hydrogen) atoms. The van der Waals surface area contributed by atoms with Crippen molar-refractivity contribution in [2.75, 3.05) is 32.8 Å². The van der Waals surface area contributed by atoms with Crippen LogP contribution in [0.5, 0.6) is 0 Å². The first-order valence-corrected chi connectivity index (χ1v) is 9.90. The average Bonchev–Trinajstić information content (AvgIpc) is 3.12. The number of sulfonamides is 1. The zero-order valence-electron chi connectivity index (χ0n) is 14.4. The molecule has 2 heterocycles. The maximum atomic E-state index is 12.5. The highest BCUT2D eigenvalue weighted by Gasteiger charge is 2.28. The molecular weight excluding hydrogens is 356 g/mol. The lowest BCUT2D eigenvalue weighted by Gasteiger charge is -2.24. The molecule has 0 atom stereocenters. The van der Waals surface area contributed by atoms with Crippen molar-refractivity contribution in [3.63, 3.8) is 0 Å². The SMILES string of the molecule is O=C(Cn1cnc(S(=O)(=O)N2CCOCC2)c1)NCCc1ccccc1. The van der Waals surface area contributed by atoms with E-state index in [1.807, 2.05) is 30.3 Å². The van der Waals surface area contributed by atoms with Gasteiger partial charge in [-0.2, -0.15) is 4.31 Å². The number of carbonyl (C=O) groups is 1. The molecule has 1 aliphatic heterocycles. The van der Waals surface area contributed by atoms with Crippen LogP contribution in [0.3, 0.4) is 0 Å². The molecule has 1 amide bonds. The molecule has 1 aromatic heterocycles. The molecular formula is C17H22N4O4S. The van der Waals surface area contributed by atoms with E-state index in [2.05, 4.69) is 10.3 Å². The summed E-state index contributed by atoms with van der Waals surface area (Å²) >= 11 is 0. The van der Waals surface area contributed by atoms with Gasteiger partial charge in [0, 0.05) is 25.8 Å². The lowest BCUT2D eigenvalue weighted by molar-refractivity contribution is -0.121. The number of amides is 1. The summed E-state index contributed by atoms with van der Waals surface area (Å²) in [7, 11) is -3.64. The van der Waals surface area contributed by atoms with Gasteiger partial charge in [0.25, 0.3) is 10.0 Å². The van der Waals surface area contributed by atoms with Gasteiger partial charge < -0.3 is 14.6 Å². The molecule has 1 N–H and O–H groups in total. The molecule has 1 fully saturated rings. The fraction of sp³-hybridized carbons (Fsp3) is 0.412. The van der Waals surface area contributed by atoms with Crippen molar-refractivity contribution >= 4 is 15.9 Å². The summed E-state index contributed by atoms with van der Waals surface area (Å²) in [4.78, 5) is 16.0. The van der Waals surface area contributed by atoms with Crippen LogP contribution in [0.4, 0.5) is 0 Å². The van der Waals surface area contributed by atoms with Crippen molar-refractivity contribution in [2.45, 2.75) is 18.0 Å². The van der Waals surface area contributed by atoms with Gasteiger partial charge in [-0.1, -0.05) is 30.3 Å². The minimum absolute atomic E-state index is 0.0282. The van der Waals surface area contributed by atoms with Crippen LogP contribution < -0.4 is 5.32 Å².